The maximum absolute atomic E-state index is 14.2. The number of carbonyl (C=O) groups excluding carboxylic acids is 5. The van der Waals surface area contributed by atoms with E-state index in [0.717, 1.165) is 0 Å². The van der Waals surface area contributed by atoms with Crippen molar-refractivity contribution in [2.24, 2.45) is 11.7 Å². The number of carbonyl (C=O) groups is 6. The summed E-state index contributed by atoms with van der Waals surface area (Å²) in [7, 11) is 0. The van der Waals surface area contributed by atoms with Crippen molar-refractivity contribution >= 4 is 35.5 Å². The van der Waals surface area contributed by atoms with E-state index in [0.29, 0.717) is 24.0 Å². The van der Waals surface area contributed by atoms with Crippen LogP contribution in [0.2, 0.25) is 0 Å². The van der Waals surface area contributed by atoms with Gasteiger partial charge in [0.15, 0.2) is 0 Å². The highest BCUT2D eigenvalue weighted by molar-refractivity contribution is 5.97. The summed E-state index contributed by atoms with van der Waals surface area (Å²) in [5, 5.41) is 58.4. The van der Waals surface area contributed by atoms with Crippen LogP contribution in [0.4, 0.5) is 0 Å². The Bertz CT molecular complexity index is 1590. The summed E-state index contributed by atoms with van der Waals surface area (Å²) in [6.45, 7) is 3.97. The number of nitrogens with two attached hydrogens (primary N) is 1. The molecule has 0 aromatic heterocycles. The van der Waals surface area contributed by atoms with E-state index in [1.165, 1.54) is 36.1 Å². The molecule has 2 aromatic rings. The topological polar surface area (TPSA) is 281 Å². The van der Waals surface area contributed by atoms with Crippen molar-refractivity contribution in [1.82, 2.24) is 26.2 Å². The normalized spacial score (nSPS) is 18.0. The Balaban J connectivity index is 1.82. The van der Waals surface area contributed by atoms with E-state index in [9.17, 15) is 54.3 Å². The van der Waals surface area contributed by atoms with Gasteiger partial charge in [0.05, 0.1) is 18.8 Å². The van der Waals surface area contributed by atoms with Crippen LogP contribution in [0.5, 0.6) is 11.5 Å². The molecule has 5 amide bonds. The zero-order chi connectivity index (χ0) is 39.4. The first kappa shape index (κ1) is 42.2. The van der Waals surface area contributed by atoms with Crippen LogP contribution in [0.25, 0.3) is 0 Å². The summed E-state index contributed by atoms with van der Waals surface area (Å²) in [5.41, 5.74) is 7.25. The molecule has 17 nitrogen and oxygen atoms in total. The summed E-state index contributed by atoms with van der Waals surface area (Å²) < 4.78 is 0. The average molecular weight is 743 g/mol. The number of aliphatic hydroxyl groups excluding tert-OH is 2. The van der Waals surface area contributed by atoms with Gasteiger partial charge in [-0.2, -0.15) is 0 Å². The predicted molar refractivity (Wildman–Crippen MR) is 190 cm³/mol. The lowest BCUT2D eigenvalue weighted by atomic mass is 9.97. The van der Waals surface area contributed by atoms with E-state index < -0.39 is 90.4 Å². The lowest BCUT2D eigenvalue weighted by molar-refractivity contribution is -0.144. The molecule has 1 saturated heterocycles. The fourth-order valence-corrected chi connectivity index (χ4v) is 5.88. The van der Waals surface area contributed by atoms with Crippen molar-refractivity contribution in [2.75, 3.05) is 13.2 Å². The van der Waals surface area contributed by atoms with Crippen molar-refractivity contribution < 1.29 is 54.3 Å². The maximum Gasteiger partial charge on any atom is 0.328 e. The summed E-state index contributed by atoms with van der Waals surface area (Å²) in [4.78, 5) is 80.3. The minimum absolute atomic E-state index is 0.0301. The van der Waals surface area contributed by atoms with Crippen molar-refractivity contribution in [2.45, 2.75) is 95.2 Å². The zero-order valence-corrected chi connectivity index (χ0v) is 29.9. The second-order valence-corrected chi connectivity index (χ2v) is 13.3. The Kier molecular flexibility index (Phi) is 15.5. The molecular formula is C36H50N6O11. The van der Waals surface area contributed by atoms with Crippen LogP contribution in [0, 0.1) is 5.92 Å². The largest absolute Gasteiger partial charge is 0.508 e. The Hall–Kier alpha value is -5.26. The first-order valence-corrected chi connectivity index (χ1v) is 17.4. The van der Waals surface area contributed by atoms with Crippen molar-refractivity contribution in [3.8, 4) is 11.5 Å². The summed E-state index contributed by atoms with van der Waals surface area (Å²) >= 11 is 0. The lowest BCUT2D eigenvalue weighted by Gasteiger charge is -2.32. The first-order chi connectivity index (χ1) is 25.1. The summed E-state index contributed by atoms with van der Waals surface area (Å²) in [6.07, 6.45) is -0.433. The number of benzene rings is 2. The predicted octanol–water partition coefficient (Wildman–Crippen LogP) is -1.36. The third kappa shape index (κ3) is 11.9. The number of likely N-dealkylation sites (tertiary alicyclic amines) is 1. The second kappa shape index (κ2) is 19.5. The molecule has 1 aliphatic heterocycles. The third-order valence-corrected chi connectivity index (χ3v) is 9.21. The molecule has 3 rings (SSSR count). The highest BCUT2D eigenvalue weighted by Gasteiger charge is 2.41. The molecule has 2 aromatic carbocycles. The van der Waals surface area contributed by atoms with Gasteiger partial charge in [0.25, 0.3) is 0 Å². The fourth-order valence-electron chi connectivity index (χ4n) is 5.88. The van der Waals surface area contributed by atoms with Gasteiger partial charge in [-0.25, -0.2) is 4.79 Å². The molecule has 0 saturated carbocycles. The van der Waals surface area contributed by atoms with Gasteiger partial charge < -0.3 is 57.4 Å². The van der Waals surface area contributed by atoms with Crippen LogP contribution in [0.3, 0.4) is 0 Å². The van der Waals surface area contributed by atoms with Crippen molar-refractivity contribution in [1.29, 1.82) is 0 Å². The lowest BCUT2D eigenvalue weighted by Crippen LogP contribution is -2.61. The maximum atomic E-state index is 14.2. The van der Waals surface area contributed by atoms with Gasteiger partial charge in [-0.3, -0.25) is 24.0 Å². The zero-order valence-electron chi connectivity index (χ0n) is 29.9. The number of aliphatic hydroxyl groups is 2. The number of rotatable bonds is 18. The Labute approximate surface area is 306 Å². The molecule has 290 valence electrons. The minimum Gasteiger partial charge on any atom is -0.508 e. The number of carboxylic acid groups (broad SMARTS) is 1. The molecule has 1 fully saturated rings. The van der Waals surface area contributed by atoms with Crippen LogP contribution in [0.1, 0.15) is 51.2 Å². The number of aromatic hydroxyl groups is 2. The Morgan fingerprint density at radius 2 is 1.32 bits per heavy atom. The highest BCUT2D eigenvalue weighted by Crippen LogP contribution is 2.22. The van der Waals surface area contributed by atoms with Crippen LogP contribution in [0.15, 0.2) is 48.5 Å². The van der Waals surface area contributed by atoms with Crippen LogP contribution < -0.4 is 27.0 Å². The van der Waals surface area contributed by atoms with Gasteiger partial charge >= 0.3 is 5.97 Å². The van der Waals surface area contributed by atoms with E-state index in [1.807, 2.05) is 0 Å². The number of aliphatic carboxylic acids is 1. The van der Waals surface area contributed by atoms with Gasteiger partial charge in [0.1, 0.15) is 41.7 Å². The van der Waals surface area contributed by atoms with Crippen molar-refractivity contribution in [3.63, 3.8) is 0 Å². The fraction of sp³-hybridized carbons (Fsp3) is 0.500. The van der Waals surface area contributed by atoms with Gasteiger partial charge in [-0.1, -0.05) is 44.5 Å². The first-order valence-electron chi connectivity index (χ1n) is 17.4. The van der Waals surface area contributed by atoms with E-state index in [-0.39, 0.29) is 37.3 Å². The van der Waals surface area contributed by atoms with E-state index in [4.69, 9.17) is 5.73 Å². The highest BCUT2D eigenvalue weighted by atomic mass is 16.4. The third-order valence-electron chi connectivity index (χ3n) is 9.21. The molecule has 0 radical (unpaired) electrons. The Morgan fingerprint density at radius 1 is 0.792 bits per heavy atom. The monoisotopic (exact) mass is 742 g/mol. The number of hydrogen-bond acceptors (Lipinski definition) is 11. The molecule has 53 heavy (non-hydrogen) atoms. The molecule has 0 unspecified atom stereocenters. The van der Waals surface area contributed by atoms with Crippen LogP contribution in [-0.4, -0.2) is 121 Å². The minimum atomic E-state index is -1.59. The number of carboxylic acids is 1. The van der Waals surface area contributed by atoms with Gasteiger partial charge in [-0.05, 0) is 67.5 Å². The molecular weight excluding hydrogens is 692 g/mol. The van der Waals surface area contributed by atoms with E-state index in [2.05, 4.69) is 21.3 Å². The van der Waals surface area contributed by atoms with Gasteiger partial charge in [0, 0.05) is 13.0 Å². The number of nitrogens with zero attached hydrogens (tertiary/aromatic N) is 1. The molecule has 11 N–H and O–H groups in total. The second-order valence-electron chi connectivity index (χ2n) is 13.3. The molecule has 0 aliphatic carbocycles. The van der Waals surface area contributed by atoms with Crippen LogP contribution in [-0.2, 0) is 41.6 Å². The smallest absolute Gasteiger partial charge is 0.328 e. The quantitative estimate of drug-likeness (QED) is 0.0849. The number of amides is 5. The molecule has 1 heterocycles. The molecule has 17 heteroatoms. The number of nitrogens with one attached hydrogen (secondary N) is 4. The number of phenolic OH excluding ortho intramolecular Hbond substituents is 2. The summed E-state index contributed by atoms with van der Waals surface area (Å²) in [6, 6.07) is 4.05. The standard InChI is InChI=1S/C36H50N6O11/c1-4-19(2)29(33(49)39-27(18-43)36(52)53)40-32(48)28-6-5-15-42(28)35(51)26(17-22-9-13-24(46)14-10-22)38-34(50)30(20(3)44)41-31(47)25(37)16-21-7-11-23(45)12-8-21/h7-14,19-20,25-30,43-46H,4-6,15-18,37H2,1-3H3,(H,38,50)(H,39,49)(H,40,48)(H,41,47)(H,52,53)/t19-,20+,25-,26-,27-,28-,29-,30-/m0/s1. The van der Waals surface area contributed by atoms with Gasteiger partial charge in [-0.15, -0.1) is 0 Å². The van der Waals surface area contributed by atoms with E-state index in [1.54, 1.807) is 38.1 Å². The Morgan fingerprint density at radius 3 is 1.83 bits per heavy atom. The molecule has 0 spiro atoms. The molecule has 1 aliphatic rings. The number of hydrogen-bond donors (Lipinski definition) is 10. The SMILES string of the molecule is CC[C@H](C)[C@H](NC(=O)[C@@H]1CCCN1C(=O)[C@H](Cc1ccc(O)cc1)NC(=O)[C@@H](NC(=O)[C@@H](N)Cc1ccc(O)cc1)[C@@H](C)O)C(=O)N[C@@H](CO)C(=O)O. The van der Waals surface area contributed by atoms with Crippen molar-refractivity contribution in [3.05, 3.63) is 59.7 Å². The summed E-state index contributed by atoms with van der Waals surface area (Å²) in [5.74, 6) is -5.76. The van der Waals surface area contributed by atoms with Crippen LogP contribution >= 0.6 is 0 Å². The number of phenols is 2. The van der Waals surface area contributed by atoms with E-state index >= 15 is 0 Å². The molecule has 8 atom stereocenters. The van der Waals surface area contributed by atoms with Gasteiger partial charge in [0.2, 0.25) is 29.5 Å². The average Bonchev–Trinajstić information content (AvgIpc) is 3.62. The molecule has 0 bridgehead atoms.